The van der Waals surface area contributed by atoms with Gasteiger partial charge in [0.25, 0.3) is 0 Å². The molecule has 3 rings (SSSR count). The minimum absolute atomic E-state index is 0.0120. The number of pyridine rings is 2. The molecule has 150 valence electrons. The fourth-order valence-electron chi connectivity index (χ4n) is 2.87. The largest absolute Gasteiger partial charge is 0.573 e. The molecule has 1 saturated heterocycles. The minimum Gasteiger partial charge on any atom is -0.478 e. The van der Waals surface area contributed by atoms with Crippen LogP contribution in [0.1, 0.15) is 16.8 Å². The molecule has 1 N–H and O–H groups in total. The SMILES string of the molecule is O=C(O)c1ccc(N2C[C@@H](Oc3ccc(OC(F)(F)F)cn3)C[C@H]2CF)nc1. The second kappa shape index (κ2) is 7.87. The van der Waals surface area contributed by atoms with E-state index in [1.54, 1.807) is 4.90 Å². The third kappa shape index (κ3) is 4.78. The predicted octanol–water partition coefficient (Wildman–Crippen LogP) is 3.07. The van der Waals surface area contributed by atoms with E-state index in [0.29, 0.717) is 12.2 Å². The molecule has 2 atom stereocenters. The Morgan fingerprint density at radius 1 is 1.21 bits per heavy atom. The van der Waals surface area contributed by atoms with Gasteiger partial charge in [0.05, 0.1) is 24.3 Å². The summed E-state index contributed by atoms with van der Waals surface area (Å²) in [7, 11) is 0. The fourth-order valence-corrected chi connectivity index (χ4v) is 2.87. The summed E-state index contributed by atoms with van der Waals surface area (Å²) in [6.45, 7) is -0.412. The van der Waals surface area contributed by atoms with E-state index >= 15 is 0 Å². The van der Waals surface area contributed by atoms with Crippen molar-refractivity contribution in [1.82, 2.24) is 9.97 Å². The lowest BCUT2D eigenvalue weighted by molar-refractivity contribution is -0.274. The summed E-state index contributed by atoms with van der Waals surface area (Å²) >= 11 is 0. The molecular formula is C17H15F4N3O4. The van der Waals surface area contributed by atoms with E-state index in [0.717, 1.165) is 12.3 Å². The van der Waals surface area contributed by atoms with Crippen LogP contribution in [0, 0.1) is 0 Å². The van der Waals surface area contributed by atoms with Crippen LogP contribution in [0.25, 0.3) is 0 Å². The number of halogens is 4. The number of anilines is 1. The van der Waals surface area contributed by atoms with Gasteiger partial charge in [-0.1, -0.05) is 0 Å². The van der Waals surface area contributed by atoms with Crippen molar-refractivity contribution in [3.8, 4) is 11.6 Å². The Balaban J connectivity index is 1.65. The number of hydrogen-bond acceptors (Lipinski definition) is 6. The van der Waals surface area contributed by atoms with Crippen LogP contribution in [0.15, 0.2) is 36.7 Å². The van der Waals surface area contributed by atoms with Gasteiger partial charge in [-0.2, -0.15) is 0 Å². The molecule has 0 unspecified atom stereocenters. The van der Waals surface area contributed by atoms with Crippen LogP contribution in [-0.4, -0.2) is 52.8 Å². The molecule has 0 spiro atoms. The second-order valence-corrected chi connectivity index (χ2v) is 6.03. The maximum atomic E-state index is 13.4. The molecule has 3 heterocycles. The van der Waals surface area contributed by atoms with E-state index in [9.17, 15) is 22.4 Å². The summed E-state index contributed by atoms with van der Waals surface area (Å²) < 4.78 is 59.3. The summed E-state index contributed by atoms with van der Waals surface area (Å²) in [6, 6.07) is 4.63. The van der Waals surface area contributed by atoms with Gasteiger partial charge < -0.3 is 19.5 Å². The molecule has 1 fully saturated rings. The van der Waals surface area contributed by atoms with Crippen LogP contribution in [0.4, 0.5) is 23.4 Å². The van der Waals surface area contributed by atoms with E-state index in [1.807, 2.05) is 0 Å². The first-order valence-electron chi connectivity index (χ1n) is 8.15. The molecule has 0 bridgehead atoms. The van der Waals surface area contributed by atoms with Gasteiger partial charge >= 0.3 is 12.3 Å². The lowest BCUT2D eigenvalue weighted by atomic mass is 10.2. The molecule has 1 aliphatic heterocycles. The summed E-state index contributed by atoms with van der Waals surface area (Å²) in [5, 5.41) is 8.92. The van der Waals surface area contributed by atoms with Gasteiger partial charge in [-0.15, -0.1) is 13.2 Å². The lowest BCUT2D eigenvalue weighted by Gasteiger charge is -2.23. The fraction of sp³-hybridized carbons (Fsp3) is 0.353. The second-order valence-electron chi connectivity index (χ2n) is 6.03. The number of carboxylic acids is 1. The van der Waals surface area contributed by atoms with Crippen LogP contribution < -0.4 is 14.4 Å². The molecule has 1 aliphatic rings. The van der Waals surface area contributed by atoms with Crippen molar-refractivity contribution in [2.45, 2.75) is 24.9 Å². The van der Waals surface area contributed by atoms with Crippen molar-refractivity contribution in [2.24, 2.45) is 0 Å². The monoisotopic (exact) mass is 401 g/mol. The Kier molecular flexibility index (Phi) is 5.52. The van der Waals surface area contributed by atoms with Crippen molar-refractivity contribution in [1.29, 1.82) is 0 Å². The van der Waals surface area contributed by atoms with Crippen LogP contribution in [0.5, 0.6) is 11.6 Å². The first-order valence-corrected chi connectivity index (χ1v) is 8.15. The molecule has 0 amide bonds. The Bertz CT molecular complexity index is 815. The number of ether oxygens (including phenoxy) is 2. The van der Waals surface area contributed by atoms with Crippen LogP contribution >= 0.6 is 0 Å². The van der Waals surface area contributed by atoms with Gasteiger partial charge in [0.1, 0.15) is 24.3 Å². The number of aromatic nitrogens is 2. The highest BCUT2D eigenvalue weighted by Gasteiger charge is 2.35. The molecule has 0 aromatic carbocycles. The van der Waals surface area contributed by atoms with Crippen molar-refractivity contribution in [3.63, 3.8) is 0 Å². The molecule has 0 aliphatic carbocycles. The van der Waals surface area contributed by atoms with E-state index in [2.05, 4.69) is 14.7 Å². The van der Waals surface area contributed by atoms with E-state index < -0.39 is 36.9 Å². The Hall–Kier alpha value is -3.11. The van der Waals surface area contributed by atoms with E-state index in [1.165, 1.54) is 24.4 Å². The van der Waals surface area contributed by atoms with Crippen LogP contribution in [0.2, 0.25) is 0 Å². The quantitative estimate of drug-likeness (QED) is 0.745. The third-order valence-corrected chi connectivity index (χ3v) is 4.07. The number of rotatable bonds is 6. The van der Waals surface area contributed by atoms with Gasteiger partial charge in [0.2, 0.25) is 5.88 Å². The number of carbonyl (C=O) groups is 1. The molecule has 2 aromatic heterocycles. The number of alkyl halides is 4. The number of aromatic carboxylic acids is 1. The van der Waals surface area contributed by atoms with Gasteiger partial charge in [0.15, 0.2) is 0 Å². The zero-order chi connectivity index (χ0) is 20.3. The molecule has 7 nitrogen and oxygen atoms in total. The average molecular weight is 401 g/mol. The van der Waals surface area contributed by atoms with Crippen LogP contribution in [0.3, 0.4) is 0 Å². The maximum absolute atomic E-state index is 13.4. The van der Waals surface area contributed by atoms with Crippen LogP contribution in [-0.2, 0) is 0 Å². The Morgan fingerprint density at radius 2 is 2.00 bits per heavy atom. The summed E-state index contributed by atoms with van der Waals surface area (Å²) in [4.78, 5) is 20.4. The molecule has 2 aromatic rings. The van der Waals surface area contributed by atoms with Crippen molar-refractivity contribution in [3.05, 3.63) is 42.2 Å². The summed E-state index contributed by atoms with van der Waals surface area (Å²) in [5.41, 5.74) is 0.0120. The Labute approximate surface area is 156 Å². The highest BCUT2D eigenvalue weighted by Crippen LogP contribution is 2.28. The Morgan fingerprint density at radius 3 is 2.54 bits per heavy atom. The zero-order valence-electron chi connectivity index (χ0n) is 14.3. The summed E-state index contributed by atoms with van der Waals surface area (Å²) in [6.07, 6.45) is -2.91. The smallest absolute Gasteiger partial charge is 0.478 e. The topological polar surface area (TPSA) is 84.8 Å². The highest BCUT2D eigenvalue weighted by molar-refractivity contribution is 5.87. The normalized spacial score (nSPS) is 19.5. The van der Waals surface area contributed by atoms with E-state index in [-0.39, 0.29) is 18.0 Å². The first-order chi connectivity index (χ1) is 13.2. The predicted molar refractivity (Wildman–Crippen MR) is 88.3 cm³/mol. The highest BCUT2D eigenvalue weighted by atomic mass is 19.4. The standard InChI is InChI=1S/C17H15F4N3O4/c18-6-11-5-13(9-24(11)14-3-1-10(7-22-14)16(25)26)27-15-4-2-12(8-23-15)28-17(19,20)21/h1-4,7-8,11,13H,5-6,9H2,(H,25,26)/t11-,13-/m0/s1. The molecule has 0 saturated carbocycles. The summed E-state index contributed by atoms with van der Waals surface area (Å²) in [5.74, 6) is -1.11. The molecule has 28 heavy (non-hydrogen) atoms. The molecule has 11 heteroatoms. The molecule has 0 radical (unpaired) electrons. The number of hydrogen-bond donors (Lipinski definition) is 1. The van der Waals surface area contributed by atoms with Gasteiger partial charge in [-0.05, 0) is 18.2 Å². The maximum Gasteiger partial charge on any atom is 0.573 e. The average Bonchev–Trinajstić information content (AvgIpc) is 3.05. The first kappa shape index (κ1) is 19.6. The third-order valence-electron chi connectivity index (χ3n) is 4.07. The van der Waals surface area contributed by atoms with Gasteiger partial charge in [-0.3, -0.25) is 0 Å². The van der Waals surface area contributed by atoms with Gasteiger partial charge in [0, 0.05) is 18.7 Å². The van der Waals surface area contributed by atoms with E-state index in [4.69, 9.17) is 9.84 Å². The van der Waals surface area contributed by atoms with Crippen molar-refractivity contribution in [2.75, 3.05) is 18.1 Å². The number of carboxylic acid groups (broad SMARTS) is 1. The van der Waals surface area contributed by atoms with Gasteiger partial charge in [-0.25, -0.2) is 19.2 Å². The lowest BCUT2D eigenvalue weighted by Crippen LogP contribution is -2.32. The molecular weight excluding hydrogens is 386 g/mol. The zero-order valence-corrected chi connectivity index (χ0v) is 14.3. The minimum atomic E-state index is -4.81. The van der Waals surface area contributed by atoms with Crippen molar-refractivity contribution < 1.29 is 36.9 Å². The number of nitrogens with zero attached hydrogens (tertiary/aromatic N) is 3. The van der Waals surface area contributed by atoms with Crippen molar-refractivity contribution >= 4 is 11.8 Å².